The average Bonchev–Trinajstić information content (AvgIpc) is 3.10. The van der Waals surface area contributed by atoms with Gasteiger partial charge in [0.05, 0.1) is 12.5 Å². The van der Waals surface area contributed by atoms with Gasteiger partial charge in [0.25, 0.3) is 0 Å². The van der Waals surface area contributed by atoms with Crippen molar-refractivity contribution in [2.24, 2.45) is 17.3 Å². The zero-order chi connectivity index (χ0) is 20.2. The molecule has 2 rings (SSSR count). The zero-order valence-electron chi connectivity index (χ0n) is 16.1. The van der Waals surface area contributed by atoms with E-state index in [1.54, 1.807) is 6.08 Å². The quantitative estimate of drug-likeness (QED) is 0.622. The molecule has 0 bridgehead atoms. The Hall–Kier alpha value is -1.72. The Morgan fingerprint density at radius 3 is 2.63 bits per heavy atom. The fourth-order valence-electron chi connectivity index (χ4n) is 3.20. The van der Waals surface area contributed by atoms with E-state index in [1.807, 2.05) is 45.9 Å². The second kappa shape index (κ2) is 8.98. The first kappa shape index (κ1) is 21.6. The van der Waals surface area contributed by atoms with Gasteiger partial charge in [0, 0.05) is 12.2 Å². The van der Waals surface area contributed by atoms with Crippen LogP contribution in [-0.4, -0.2) is 25.2 Å². The van der Waals surface area contributed by atoms with Crippen molar-refractivity contribution in [3.05, 3.63) is 39.9 Å². The third-order valence-corrected chi connectivity index (χ3v) is 5.23. The third-order valence-electron chi connectivity index (χ3n) is 4.98. The molecule has 2 amide bonds. The fraction of sp³-hybridized carbons (Fsp3) is 0.500. The van der Waals surface area contributed by atoms with Crippen LogP contribution in [0.2, 0.25) is 0 Å². The van der Waals surface area contributed by atoms with Crippen LogP contribution >= 0.6 is 23.2 Å². The standard InChI is InChI=1S/C20H26Cl2N2O3/c1-12-6-7-13(2)15(10-12)24-19(26)27-9-5-8-23-18(25)17-14(11-16(21)22)20(17,3)4/h6-7,10-11,14,17H,5,8-9H2,1-4H3,(H,23,25)(H,24,26)/t14-,17+/m1/s1. The number of rotatable bonds is 7. The molecule has 0 saturated heterocycles. The Morgan fingerprint density at radius 1 is 1.26 bits per heavy atom. The molecule has 0 spiro atoms. The predicted molar refractivity (Wildman–Crippen MR) is 109 cm³/mol. The lowest BCUT2D eigenvalue weighted by Crippen LogP contribution is -2.28. The molecule has 0 aliphatic heterocycles. The summed E-state index contributed by atoms with van der Waals surface area (Å²) in [6.45, 7) is 8.56. The summed E-state index contributed by atoms with van der Waals surface area (Å²) in [4.78, 5) is 24.1. The maximum absolute atomic E-state index is 12.3. The molecule has 27 heavy (non-hydrogen) atoms. The number of ether oxygens (including phenoxy) is 1. The van der Waals surface area contributed by atoms with Gasteiger partial charge < -0.3 is 10.1 Å². The maximum Gasteiger partial charge on any atom is 0.411 e. The molecule has 1 aromatic rings. The fourth-order valence-corrected chi connectivity index (χ4v) is 3.47. The Morgan fingerprint density at radius 2 is 1.96 bits per heavy atom. The molecular weight excluding hydrogens is 387 g/mol. The molecule has 0 unspecified atom stereocenters. The molecule has 148 valence electrons. The van der Waals surface area contributed by atoms with E-state index in [2.05, 4.69) is 10.6 Å². The SMILES string of the molecule is Cc1ccc(C)c(NC(=O)OCCCNC(=O)[C@@H]2[C@@H](C=C(Cl)Cl)C2(C)C)c1. The highest BCUT2D eigenvalue weighted by atomic mass is 35.5. The number of halogens is 2. The van der Waals surface area contributed by atoms with Gasteiger partial charge in [0.2, 0.25) is 5.91 Å². The van der Waals surface area contributed by atoms with Gasteiger partial charge in [-0.3, -0.25) is 10.1 Å². The number of nitrogens with one attached hydrogen (secondary N) is 2. The molecule has 0 radical (unpaired) electrons. The lowest BCUT2D eigenvalue weighted by molar-refractivity contribution is -0.123. The number of carbonyl (C=O) groups is 2. The van der Waals surface area contributed by atoms with E-state index in [4.69, 9.17) is 27.9 Å². The highest BCUT2D eigenvalue weighted by molar-refractivity contribution is 6.55. The minimum atomic E-state index is -0.500. The van der Waals surface area contributed by atoms with Gasteiger partial charge in [0.15, 0.2) is 0 Å². The summed E-state index contributed by atoms with van der Waals surface area (Å²) in [5, 5.41) is 5.61. The van der Waals surface area contributed by atoms with E-state index >= 15 is 0 Å². The van der Waals surface area contributed by atoms with Crippen molar-refractivity contribution >= 4 is 40.9 Å². The molecule has 0 heterocycles. The molecule has 1 saturated carbocycles. The van der Waals surface area contributed by atoms with Gasteiger partial charge in [-0.05, 0) is 54.9 Å². The molecule has 7 heteroatoms. The summed E-state index contributed by atoms with van der Waals surface area (Å²) in [7, 11) is 0. The van der Waals surface area contributed by atoms with Crippen molar-refractivity contribution < 1.29 is 14.3 Å². The minimum absolute atomic E-state index is 0.0318. The van der Waals surface area contributed by atoms with Crippen molar-refractivity contribution in [1.82, 2.24) is 5.32 Å². The van der Waals surface area contributed by atoms with Gasteiger partial charge >= 0.3 is 6.09 Å². The first-order valence-corrected chi connectivity index (χ1v) is 9.70. The van der Waals surface area contributed by atoms with Gasteiger partial charge in [0.1, 0.15) is 4.49 Å². The molecule has 1 aliphatic carbocycles. The Balaban J connectivity index is 1.67. The first-order valence-electron chi connectivity index (χ1n) is 8.94. The summed E-state index contributed by atoms with van der Waals surface area (Å²) in [5.41, 5.74) is 2.62. The number of aryl methyl sites for hydroxylation is 2. The van der Waals surface area contributed by atoms with Gasteiger partial charge in [-0.2, -0.15) is 0 Å². The summed E-state index contributed by atoms with van der Waals surface area (Å²) in [6.07, 6.45) is 1.75. The normalized spacial score (nSPS) is 19.8. The number of anilines is 1. The maximum atomic E-state index is 12.3. The molecule has 0 aromatic heterocycles. The van der Waals surface area contributed by atoms with Gasteiger partial charge in [-0.15, -0.1) is 0 Å². The lowest BCUT2D eigenvalue weighted by atomic mass is 10.1. The summed E-state index contributed by atoms with van der Waals surface area (Å²) < 4.78 is 5.35. The van der Waals surface area contributed by atoms with Crippen molar-refractivity contribution in [1.29, 1.82) is 0 Å². The van der Waals surface area contributed by atoms with Crippen LogP contribution in [0.4, 0.5) is 10.5 Å². The van der Waals surface area contributed by atoms with Crippen LogP contribution in [0, 0.1) is 31.1 Å². The Labute approximate surface area is 170 Å². The van der Waals surface area contributed by atoms with E-state index in [9.17, 15) is 9.59 Å². The number of hydrogen-bond donors (Lipinski definition) is 2. The van der Waals surface area contributed by atoms with E-state index in [0.29, 0.717) is 13.0 Å². The Bertz CT molecular complexity index is 743. The van der Waals surface area contributed by atoms with Crippen LogP contribution < -0.4 is 10.6 Å². The predicted octanol–water partition coefficient (Wildman–Crippen LogP) is 4.95. The summed E-state index contributed by atoms with van der Waals surface area (Å²) in [6, 6.07) is 5.82. The second-order valence-electron chi connectivity index (χ2n) is 7.51. The largest absolute Gasteiger partial charge is 0.449 e. The first-order chi connectivity index (χ1) is 12.6. The van der Waals surface area contributed by atoms with E-state index in [0.717, 1.165) is 16.8 Å². The number of hydrogen-bond acceptors (Lipinski definition) is 3. The van der Waals surface area contributed by atoms with Crippen LogP contribution in [0.25, 0.3) is 0 Å². The topological polar surface area (TPSA) is 67.4 Å². The van der Waals surface area contributed by atoms with Crippen LogP contribution in [0.3, 0.4) is 0 Å². The lowest BCUT2D eigenvalue weighted by Gasteiger charge is -2.10. The number of allylic oxidation sites excluding steroid dienone is 1. The molecule has 2 atom stereocenters. The number of carbonyl (C=O) groups excluding carboxylic acids is 2. The van der Waals surface area contributed by atoms with E-state index < -0.39 is 6.09 Å². The molecule has 1 fully saturated rings. The number of amides is 2. The van der Waals surface area contributed by atoms with Crippen molar-refractivity contribution in [3.8, 4) is 0 Å². The highest BCUT2D eigenvalue weighted by Crippen LogP contribution is 2.59. The third kappa shape index (κ3) is 5.88. The van der Waals surface area contributed by atoms with Crippen LogP contribution in [0.5, 0.6) is 0 Å². The van der Waals surface area contributed by atoms with Gasteiger partial charge in [-0.1, -0.05) is 49.2 Å². The summed E-state index contributed by atoms with van der Waals surface area (Å²) in [5.74, 6) is -0.128. The molecular formula is C20H26Cl2N2O3. The van der Waals surface area contributed by atoms with E-state index in [-0.39, 0.29) is 34.3 Å². The Kier molecular flexibility index (Phi) is 7.18. The number of benzene rings is 1. The van der Waals surface area contributed by atoms with Crippen molar-refractivity contribution in [2.45, 2.75) is 34.1 Å². The van der Waals surface area contributed by atoms with Crippen molar-refractivity contribution in [2.75, 3.05) is 18.5 Å². The molecule has 1 aromatic carbocycles. The second-order valence-corrected chi connectivity index (χ2v) is 8.51. The zero-order valence-corrected chi connectivity index (χ0v) is 17.6. The minimum Gasteiger partial charge on any atom is -0.449 e. The monoisotopic (exact) mass is 412 g/mol. The molecule has 5 nitrogen and oxygen atoms in total. The van der Waals surface area contributed by atoms with Crippen LogP contribution in [-0.2, 0) is 9.53 Å². The summed E-state index contributed by atoms with van der Waals surface area (Å²) >= 11 is 11.4. The van der Waals surface area contributed by atoms with Crippen LogP contribution in [0.1, 0.15) is 31.4 Å². The smallest absolute Gasteiger partial charge is 0.411 e. The van der Waals surface area contributed by atoms with Crippen molar-refractivity contribution in [3.63, 3.8) is 0 Å². The average molecular weight is 413 g/mol. The molecule has 2 N–H and O–H groups in total. The molecule has 1 aliphatic rings. The van der Waals surface area contributed by atoms with E-state index in [1.165, 1.54) is 0 Å². The van der Waals surface area contributed by atoms with Gasteiger partial charge in [-0.25, -0.2) is 4.79 Å². The van der Waals surface area contributed by atoms with Crippen LogP contribution in [0.15, 0.2) is 28.8 Å². The highest BCUT2D eigenvalue weighted by Gasteiger charge is 2.60.